The average molecular weight is 593 g/mol. The Labute approximate surface area is 241 Å². The summed E-state index contributed by atoms with van der Waals surface area (Å²) in [5.41, 5.74) is 2.29. The van der Waals surface area contributed by atoms with Gasteiger partial charge in [-0.15, -0.1) is 21.5 Å². The number of amides is 2. The molecular weight excluding hydrogens is 560 g/mol. The van der Waals surface area contributed by atoms with Gasteiger partial charge in [0.15, 0.2) is 4.34 Å². The molecule has 3 aromatic rings. The van der Waals surface area contributed by atoms with E-state index in [9.17, 15) is 9.59 Å². The largest absolute Gasteiger partial charge is 0.341 e. The highest BCUT2D eigenvalue weighted by Gasteiger charge is 2.22. The predicted molar refractivity (Wildman–Crippen MR) is 156 cm³/mol. The number of nitrogens with one attached hydrogen (secondary N) is 1. The summed E-state index contributed by atoms with van der Waals surface area (Å²) in [7, 11) is 0. The van der Waals surface area contributed by atoms with Crippen molar-refractivity contribution in [2.24, 2.45) is 0 Å². The van der Waals surface area contributed by atoms with Gasteiger partial charge in [-0.3, -0.25) is 14.5 Å². The van der Waals surface area contributed by atoms with Crippen molar-refractivity contribution < 1.29 is 9.59 Å². The minimum atomic E-state index is -0.224. The Morgan fingerprint density at radius 3 is 2.61 bits per heavy atom. The van der Waals surface area contributed by atoms with Crippen LogP contribution in [-0.2, 0) is 27.3 Å². The number of hydrogen-bond donors (Lipinski definition) is 1. The smallest absolute Gasteiger partial charge is 0.226 e. The fraction of sp³-hybridized carbons (Fsp3) is 0.500. The molecule has 8 nitrogen and oxygen atoms in total. The van der Waals surface area contributed by atoms with Gasteiger partial charge in [0.2, 0.25) is 16.9 Å². The second kappa shape index (κ2) is 13.3. The number of hydrogen-bond acceptors (Lipinski definition) is 9. The van der Waals surface area contributed by atoms with Crippen LogP contribution in [0.25, 0.3) is 0 Å². The molecule has 204 valence electrons. The summed E-state index contributed by atoms with van der Waals surface area (Å²) in [4.78, 5) is 34.3. The van der Waals surface area contributed by atoms with Gasteiger partial charge >= 0.3 is 0 Å². The zero-order valence-electron chi connectivity index (χ0n) is 21.9. The van der Waals surface area contributed by atoms with Crippen molar-refractivity contribution in [1.82, 2.24) is 25.0 Å². The highest BCUT2D eigenvalue weighted by atomic mass is 35.5. The molecule has 0 bridgehead atoms. The van der Waals surface area contributed by atoms with E-state index in [1.54, 1.807) is 23.1 Å². The molecule has 0 radical (unpaired) electrons. The third-order valence-corrected chi connectivity index (χ3v) is 9.63. The molecule has 2 amide bonds. The first-order valence-corrected chi connectivity index (χ1v) is 15.7. The van der Waals surface area contributed by atoms with Crippen molar-refractivity contribution in [3.63, 3.8) is 0 Å². The van der Waals surface area contributed by atoms with Gasteiger partial charge in [-0.05, 0) is 24.1 Å². The second-order valence-electron chi connectivity index (χ2n) is 10.2. The number of anilines is 1. The second-order valence-corrected chi connectivity index (χ2v) is 13.7. The number of aromatic nitrogens is 3. The molecule has 1 aliphatic heterocycles. The summed E-state index contributed by atoms with van der Waals surface area (Å²) in [6.45, 7) is 10.5. The Balaban J connectivity index is 1.17. The fourth-order valence-corrected chi connectivity index (χ4v) is 6.68. The lowest BCUT2D eigenvalue weighted by Crippen LogP contribution is -2.35. The molecular formula is C26H33ClN6O2S3. The lowest BCUT2D eigenvalue weighted by Gasteiger charge is -2.21. The maximum atomic E-state index is 12.8. The van der Waals surface area contributed by atoms with Crippen molar-refractivity contribution in [3.05, 3.63) is 50.9 Å². The molecule has 12 heteroatoms. The van der Waals surface area contributed by atoms with Gasteiger partial charge in [-0.2, -0.15) is 0 Å². The zero-order chi connectivity index (χ0) is 27.1. The topological polar surface area (TPSA) is 91.3 Å². The minimum absolute atomic E-state index is 0.0159. The van der Waals surface area contributed by atoms with E-state index in [-0.39, 0.29) is 30.1 Å². The molecule has 2 aromatic heterocycles. The number of carbonyl (C=O) groups excluding carboxylic acids is 2. The Kier molecular flexibility index (Phi) is 10.2. The average Bonchev–Trinajstić information content (AvgIpc) is 3.47. The van der Waals surface area contributed by atoms with E-state index >= 15 is 0 Å². The van der Waals surface area contributed by atoms with Crippen LogP contribution in [0.1, 0.15) is 56.3 Å². The summed E-state index contributed by atoms with van der Waals surface area (Å²) >= 11 is 10.5. The highest BCUT2D eigenvalue weighted by molar-refractivity contribution is 8.00. The van der Waals surface area contributed by atoms with Gasteiger partial charge in [0.1, 0.15) is 0 Å². The lowest BCUT2D eigenvalue weighted by molar-refractivity contribution is -0.132. The molecule has 1 saturated heterocycles. The predicted octanol–water partition coefficient (Wildman–Crippen LogP) is 5.69. The van der Waals surface area contributed by atoms with Gasteiger partial charge in [0.25, 0.3) is 0 Å². The van der Waals surface area contributed by atoms with Gasteiger partial charge in [0.05, 0.1) is 10.7 Å². The normalized spacial score (nSPS) is 14.9. The van der Waals surface area contributed by atoms with Gasteiger partial charge in [0, 0.05) is 67.1 Å². The number of rotatable bonds is 9. The standard InChI is InChI=1S/C26H33ClN6O2S3/c1-26(2,3)23-28-20(17-36-23)15-32-11-4-12-33(14-13-32)22(35)10-9-21(34)29-24-30-31-25(38-24)37-16-18-5-7-19(27)8-6-18/h5-8,17H,4,9-16H2,1-3H3,(H,29,30,34). The summed E-state index contributed by atoms with van der Waals surface area (Å²) in [5.74, 6) is 0.531. The molecule has 0 spiro atoms. The minimum Gasteiger partial charge on any atom is -0.341 e. The molecule has 0 unspecified atom stereocenters. The molecule has 1 fully saturated rings. The van der Waals surface area contributed by atoms with E-state index in [2.05, 4.69) is 46.6 Å². The maximum Gasteiger partial charge on any atom is 0.226 e. The molecule has 1 aromatic carbocycles. The van der Waals surface area contributed by atoms with Crippen LogP contribution in [0.2, 0.25) is 5.02 Å². The van der Waals surface area contributed by atoms with Crippen molar-refractivity contribution in [2.75, 3.05) is 31.5 Å². The van der Waals surface area contributed by atoms with Crippen LogP contribution < -0.4 is 5.32 Å². The van der Waals surface area contributed by atoms with Crippen molar-refractivity contribution >= 4 is 63.0 Å². The van der Waals surface area contributed by atoms with Crippen molar-refractivity contribution in [3.8, 4) is 0 Å². The Morgan fingerprint density at radius 2 is 1.87 bits per heavy atom. The SMILES string of the molecule is CC(C)(C)c1nc(CN2CCCN(C(=O)CCC(=O)Nc3nnc(SCc4ccc(Cl)cc4)s3)CC2)cs1. The lowest BCUT2D eigenvalue weighted by atomic mass is 9.98. The summed E-state index contributed by atoms with van der Waals surface area (Å²) < 4.78 is 0.771. The van der Waals surface area contributed by atoms with Crippen LogP contribution in [0.5, 0.6) is 0 Å². The van der Waals surface area contributed by atoms with Crippen LogP contribution in [0.15, 0.2) is 34.0 Å². The molecule has 4 rings (SSSR count). The van der Waals surface area contributed by atoms with Crippen LogP contribution in [0.3, 0.4) is 0 Å². The van der Waals surface area contributed by atoms with E-state index in [4.69, 9.17) is 16.6 Å². The first kappa shape index (κ1) is 28.9. The van der Waals surface area contributed by atoms with Crippen LogP contribution in [-0.4, -0.2) is 63.0 Å². The number of nitrogens with zero attached hydrogens (tertiary/aromatic N) is 5. The zero-order valence-corrected chi connectivity index (χ0v) is 25.1. The number of carbonyl (C=O) groups is 2. The first-order chi connectivity index (χ1) is 18.2. The molecule has 0 aliphatic carbocycles. The number of benzene rings is 1. The summed E-state index contributed by atoms with van der Waals surface area (Å²) in [6, 6.07) is 7.66. The molecule has 1 aliphatic rings. The quantitative estimate of drug-likeness (QED) is 0.252. The Bertz CT molecular complexity index is 1220. The van der Waals surface area contributed by atoms with E-state index < -0.39 is 0 Å². The van der Waals surface area contributed by atoms with Gasteiger partial charge in [-0.25, -0.2) is 4.98 Å². The van der Waals surface area contributed by atoms with Crippen molar-refractivity contribution in [1.29, 1.82) is 0 Å². The van der Waals surface area contributed by atoms with E-state index in [0.29, 0.717) is 23.2 Å². The summed E-state index contributed by atoms with van der Waals surface area (Å²) in [5, 5.41) is 15.4. The fourth-order valence-electron chi connectivity index (χ4n) is 3.94. The van der Waals surface area contributed by atoms with Crippen LogP contribution in [0.4, 0.5) is 5.13 Å². The summed E-state index contributed by atoms with van der Waals surface area (Å²) in [6.07, 6.45) is 1.22. The van der Waals surface area contributed by atoms with Crippen molar-refractivity contribution in [2.45, 2.75) is 62.1 Å². The van der Waals surface area contributed by atoms with Crippen LogP contribution >= 0.6 is 46.0 Å². The van der Waals surface area contributed by atoms with Gasteiger partial charge in [-0.1, -0.05) is 67.6 Å². The molecule has 3 heterocycles. The third kappa shape index (κ3) is 8.74. The third-order valence-electron chi connectivity index (χ3n) is 6.01. The Hall–Kier alpha value is -2.05. The molecule has 38 heavy (non-hydrogen) atoms. The molecule has 1 N–H and O–H groups in total. The van der Waals surface area contributed by atoms with E-state index in [0.717, 1.165) is 52.4 Å². The Morgan fingerprint density at radius 1 is 1.08 bits per heavy atom. The van der Waals surface area contributed by atoms with Crippen LogP contribution in [0, 0.1) is 0 Å². The number of halogens is 1. The molecule has 0 atom stereocenters. The first-order valence-electron chi connectivity index (χ1n) is 12.6. The van der Waals surface area contributed by atoms with E-state index in [1.807, 2.05) is 29.2 Å². The number of thiazole rings is 1. The number of thioether (sulfide) groups is 1. The van der Waals surface area contributed by atoms with Gasteiger partial charge < -0.3 is 10.2 Å². The highest BCUT2D eigenvalue weighted by Crippen LogP contribution is 2.29. The maximum absolute atomic E-state index is 12.8. The van der Waals surface area contributed by atoms with E-state index in [1.165, 1.54) is 11.3 Å². The molecule has 0 saturated carbocycles. The monoisotopic (exact) mass is 592 g/mol.